The van der Waals surface area contributed by atoms with Crippen molar-refractivity contribution < 1.29 is 9.59 Å². The average molecular weight is 336 g/mol. The molecule has 0 spiro atoms. The highest BCUT2D eigenvalue weighted by Gasteiger charge is 2.28. The van der Waals surface area contributed by atoms with E-state index in [-0.39, 0.29) is 23.7 Å². The molecule has 4 nitrogen and oxygen atoms in total. The van der Waals surface area contributed by atoms with Gasteiger partial charge >= 0.3 is 0 Å². The Morgan fingerprint density at radius 3 is 2.08 bits per heavy atom. The molecule has 1 heterocycles. The Labute approximate surface area is 148 Å². The first-order valence-electron chi connectivity index (χ1n) is 8.82. The van der Waals surface area contributed by atoms with Crippen molar-refractivity contribution in [1.82, 2.24) is 4.90 Å². The SMILES string of the molecule is NC(=O)C1CCCN(C(=O)CC(c2ccccc2)c2ccccc2)C1. The van der Waals surface area contributed by atoms with Crippen LogP contribution in [0.5, 0.6) is 0 Å². The molecule has 130 valence electrons. The molecule has 0 bridgehead atoms. The molecule has 0 aromatic heterocycles. The Bertz CT molecular complexity index is 676. The quantitative estimate of drug-likeness (QED) is 0.912. The van der Waals surface area contributed by atoms with Gasteiger partial charge in [0.05, 0.1) is 5.92 Å². The van der Waals surface area contributed by atoms with Crippen LogP contribution in [-0.4, -0.2) is 29.8 Å². The van der Waals surface area contributed by atoms with Crippen LogP contribution in [-0.2, 0) is 9.59 Å². The second-order valence-corrected chi connectivity index (χ2v) is 6.66. The van der Waals surface area contributed by atoms with E-state index in [0.29, 0.717) is 19.5 Å². The molecule has 0 saturated carbocycles. The van der Waals surface area contributed by atoms with E-state index in [2.05, 4.69) is 24.3 Å². The molecule has 0 radical (unpaired) electrons. The van der Waals surface area contributed by atoms with Crippen LogP contribution in [0.25, 0.3) is 0 Å². The molecule has 1 unspecified atom stereocenters. The molecule has 2 amide bonds. The summed E-state index contributed by atoms with van der Waals surface area (Å²) in [6.07, 6.45) is 2.01. The maximum absolute atomic E-state index is 12.9. The lowest BCUT2D eigenvalue weighted by atomic mass is 9.87. The zero-order chi connectivity index (χ0) is 17.6. The average Bonchev–Trinajstić information content (AvgIpc) is 2.67. The number of carbonyl (C=O) groups is 2. The van der Waals surface area contributed by atoms with Crippen LogP contribution in [0.1, 0.15) is 36.3 Å². The van der Waals surface area contributed by atoms with Gasteiger partial charge in [0.1, 0.15) is 0 Å². The Morgan fingerprint density at radius 1 is 1.00 bits per heavy atom. The van der Waals surface area contributed by atoms with Crippen molar-refractivity contribution >= 4 is 11.8 Å². The first-order valence-corrected chi connectivity index (χ1v) is 8.82. The number of carbonyl (C=O) groups excluding carboxylic acids is 2. The van der Waals surface area contributed by atoms with Crippen LogP contribution in [0.15, 0.2) is 60.7 Å². The summed E-state index contributed by atoms with van der Waals surface area (Å²) in [5.74, 6) is -0.419. The molecule has 1 fully saturated rings. The molecule has 1 aliphatic rings. The Morgan fingerprint density at radius 2 is 1.56 bits per heavy atom. The first kappa shape index (κ1) is 17.2. The largest absolute Gasteiger partial charge is 0.369 e. The van der Waals surface area contributed by atoms with Gasteiger partial charge < -0.3 is 10.6 Å². The number of benzene rings is 2. The van der Waals surface area contributed by atoms with Crippen LogP contribution in [0.4, 0.5) is 0 Å². The molecule has 1 saturated heterocycles. The summed E-state index contributed by atoms with van der Waals surface area (Å²) in [5, 5.41) is 0. The fourth-order valence-corrected chi connectivity index (χ4v) is 3.54. The van der Waals surface area contributed by atoms with E-state index in [9.17, 15) is 9.59 Å². The molecule has 1 aliphatic heterocycles. The summed E-state index contributed by atoms with van der Waals surface area (Å²) in [7, 11) is 0. The van der Waals surface area contributed by atoms with Crippen molar-refractivity contribution in [2.24, 2.45) is 11.7 Å². The summed E-state index contributed by atoms with van der Waals surface area (Å²) in [5.41, 5.74) is 7.70. The van der Waals surface area contributed by atoms with Gasteiger partial charge in [-0.05, 0) is 24.0 Å². The van der Waals surface area contributed by atoms with E-state index < -0.39 is 0 Å². The summed E-state index contributed by atoms with van der Waals surface area (Å²) in [4.78, 5) is 26.2. The lowest BCUT2D eigenvalue weighted by Gasteiger charge is -2.32. The summed E-state index contributed by atoms with van der Waals surface area (Å²) >= 11 is 0. The first-order chi connectivity index (χ1) is 12.1. The van der Waals surface area contributed by atoms with E-state index in [4.69, 9.17) is 5.73 Å². The van der Waals surface area contributed by atoms with Gasteiger partial charge in [-0.3, -0.25) is 9.59 Å². The maximum Gasteiger partial charge on any atom is 0.223 e. The third kappa shape index (κ3) is 4.27. The molecule has 1 atom stereocenters. The molecule has 3 rings (SSSR count). The van der Waals surface area contributed by atoms with Gasteiger partial charge in [0.15, 0.2) is 0 Å². The van der Waals surface area contributed by atoms with Gasteiger partial charge in [0.25, 0.3) is 0 Å². The van der Waals surface area contributed by atoms with Crippen molar-refractivity contribution in [3.8, 4) is 0 Å². The van der Waals surface area contributed by atoms with Crippen LogP contribution in [0, 0.1) is 5.92 Å². The molecule has 2 aromatic rings. The molecular weight excluding hydrogens is 312 g/mol. The third-order valence-corrected chi connectivity index (χ3v) is 4.96. The summed E-state index contributed by atoms with van der Waals surface area (Å²) in [6.45, 7) is 1.16. The number of piperidine rings is 1. The number of nitrogens with two attached hydrogens (primary N) is 1. The zero-order valence-corrected chi connectivity index (χ0v) is 14.3. The summed E-state index contributed by atoms with van der Waals surface area (Å²) < 4.78 is 0. The monoisotopic (exact) mass is 336 g/mol. The highest BCUT2D eigenvalue weighted by molar-refractivity contribution is 5.81. The molecule has 25 heavy (non-hydrogen) atoms. The second-order valence-electron chi connectivity index (χ2n) is 6.66. The van der Waals surface area contributed by atoms with Crippen molar-refractivity contribution in [3.63, 3.8) is 0 Å². The highest BCUT2D eigenvalue weighted by Crippen LogP contribution is 2.29. The fourth-order valence-electron chi connectivity index (χ4n) is 3.54. The number of amides is 2. The topological polar surface area (TPSA) is 63.4 Å². The minimum Gasteiger partial charge on any atom is -0.369 e. The van der Waals surface area contributed by atoms with Gasteiger partial charge in [-0.15, -0.1) is 0 Å². The Kier molecular flexibility index (Phi) is 5.49. The predicted molar refractivity (Wildman–Crippen MR) is 97.8 cm³/mol. The normalized spacial score (nSPS) is 17.5. The molecular formula is C21H24N2O2. The van der Waals surface area contributed by atoms with Crippen LogP contribution in [0.3, 0.4) is 0 Å². The van der Waals surface area contributed by atoms with E-state index in [1.165, 1.54) is 0 Å². The van der Waals surface area contributed by atoms with Gasteiger partial charge in [-0.25, -0.2) is 0 Å². The Balaban J connectivity index is 1.78. The standard InChI is InChI=1S/C21H24N2O2/c22-21(25)18-12-7-13-23(15-18)20(24)14-19(16-8-3-1-4-9-16)17-10-5-2-6-11-17/h1-6,8-11,18-19H,7,12-15H2,(H2,22,25). The third-order valence-electron chi connectivity index (χ3n) is 4.96. The molecule has 2 N–H and O–H groups in total. The lowest BCUT2D eigenvalue weighted by molar-refractivity contribution is -0.135. The van der Waals surface area contributed by atoms with Crippen LogP contribution < -0.4 is 5.73 Å². The number of hydrogen-bond acceptors (Lipinski definition) is 2. The number of primary amides is 1. The van der Waals surface area contributed by atoms with Gasteiger partial charge in [0, 0.05) is 25.4 Å². The molecule has 0 aliphatic carbocycles. The van der Waals surface area contributed by atoms with Crippen molar-refractivity contribution in [2.45, 2.75) is 25.2 Å². The van der Waals surface area contributed by atoms with Gasteiger partial charge in [0.2, 0.25) is 11.8 Å². The minimum atomic E-state index is -0.305. The van der Waals surface area contributed by atoms with Crippen LogP contribution in [0.2, 0.25) is 0 Å². The van der Waals surface area contributed by atoms with Crippen molar-refractivity contribution in [1.29, 1.82) is 0 Å². The predicted octanol–water partition coefficient (Wildman–Crippen LogP) is 2.93. The maximum atomic E-state index is 12.9. The van der Waals surface area contributed by atoms with Crippen molar-refractivity contribution in [2.75, 3.05) is 13.1 Å². The van der Waals surface area contributed by atoms with Gasteiger partial charge in [-0.1, -0.05) is 60.7 Å². The van der Waals surface area contributed by atoms with E-state index >= 15 is 0 Å². The van der Waals surface area contributed by atoms with E-state index in [1.54, 1.807) is 4.90 Å². The van der Waals surface area contributed by atoms with Crippen LogP contribution >= 0.6 is 0 Å². The number of nitrogens with zero attached hydrogens (tertiary/aromatic N) is 1. The Hall–Kier alpha value is -2.62. The minimum absolute atomic E-state index is 0.0175. The number of likely N-dealkylation sites (tertiary alicyclic amines) is 1. The second kappa shape index (κ2) is 7.97. The zero-order valence-electron chi connectivity index (χ0n) is 14.3. The molecule has 2 aromatic carbocycles. The van der Waals surface area contributed by atoms with E-state index in [1.807, 2.05) is 36.4 Å². The smallest absolute Gasteiger partial charge is 0.223 e. The molecule has 4 heteroatoms. The number of hydrogen-bond donors (Lipinski definition) is 1. The van der Waals surface area contributed by atoms with Gasteiger partial charge in [-0.2, -0.15) is 0 Å². The van der Waals surface area contributed by atoms with E-state index in [0.717, 1.165) is 24.0 Å². The fraction of sp³-hybridized carbons (Fsp3) is 0.333. The lowest BCUT2D eigenvalue weighted by Crippen LogP contribution is -2.44. The summed E-state index contributed by atoms with van der Waals surface area (Å²) in [6, 6.07) is 20.2. The highest BCUT2D eigenvalue weighted by atomic mass is 16.2. The number of rotatable bonds is 5. The van der Waals surface area contributed by atoms with Crippen molar-refractivity contribution in [3.05, 3.63) is 71.8 Å².